The summed E-state index contributed by atoms with van der Waals surface area (Å²) in [5.41, 5.74) is -0.680. The van der Waals surface area contributed by atoms with Gasteiger partial charge in [-0.25, -0.2) is 9.59 Å². The van der Waals surface area contributed by atoms with Gasteiger partial charge in [0, 0.05) is 13.1 Å². The third-order valence-corrected chi connectivity index (χ3v) is 2.74. The normalized spacial score (nSPS) is 22.0. The van der Waals surface area contributed by atoms with Crippen molar-refractivity contribution in [1.82, 2.24) is 10.2 Å². The van der Waals surface area contributed by atoms with Gasteiger partial charge in [0.25, 0.3) is 0 Å². The van der Waals surface area contributed by atoms with Crippen LogP contribution in [0.5, 0.6) is 0 Å². The van der Waals surface area contributed by atoms with Gasteiger partial charge < -0.3 is 20.3 Å². The van der Waals surface area contributed by atoms with E-state index in [0.29, 0.717) is 13.0 Å². The number of hydrogen-bond acceptors (Lipinski definition) is 5. The van der Waals surface area contributed by atoms with Crippen LogP contribution in [0.15, 0.2) is 0 Å². The number of aliphatic hydroxyl groups is 1. The zero-order valence-electron chi connectivity index (χ0n) is 11.5. The first-order valence-corrected chi connectivity index (χ1v) is 6.33. The molecule has 0 spiro atoms. The molecule has 0 bridgehead atoms. The maximum Gasteiger partial charge on any atom is 0.408 e. The molecular formula is C12H22N2O5. The summed E-state index contributed by atoms with van der Waals surface area (Å²) < 4.78 is 5.02. The molecular weight excluding hydrogens is 252 g/mol. The molecule has 0 radical (unpaired) electrons. The summed E-state index contributed by atoms with van der Waals surface area (Å²) in [4.78, 5) is 24.3. The van der Waals surface area contributed by atoms with Gasteiger partial charge in [0.2, 0.25) is 0 Å². The second-order valence-electron chi connectivity index (χ2n) is 5.65. The quantitative estimate of drug-likeness (QED) is 0.685. The van der Waals surface area contributed by atoms with Gasteiger partial charge in [0.15, 0.2) is 0 Å². The molecule has 1 rings (SSSR count). The van der Waals surface area contributed by atoms with Crippen molar-refractivity contribution in [3.63, 3.8) is 0 Å². The van der Waals surface area contributed by atoms with Crippen molar-refractivity contribution in [3.8, 4) is 0 Å². The molecule has 19 heavy (non-hydrogen) atoms. The van der Waals surface area contributed by atoms with Crippen molar-refractivity contribution >= 4 is 12.1 Å². The van der Waals surface area contributed by atoms with E-state index in [1.807, 2.05) is 0 Å². The van der Waals surface area contributed by atoms with Crippen molar-refractivity contribution < 1.29 is 24.5 Å². The van der Waals surface area contributed by atoms with E-state index in [1.54, 1.807) is 25.7 Å². The standard InChI is InChI=1S/C12H22N2O5/c1-12(2,3)19-11(18)13-8(10(16)17)7-14-6-4-5-9(14)15/h8-9,15H,4-7H2,1-3H3,(H,13,18)(H,16,17)/t8-,9-/m0/s1. The van der Waals surface area contributed by atoms with Gasteiger partial charge in [-0.1, -0.05) is 0 Å². The van der Waals surface area contributed by atoms with Crippen LogP contribution >= 0.6 is 0 Å². The number of rotatable bonds is 4. The van der Waals surface area contributed by atoms with E-state index in [-0.39, 0.29) is 6.54 Å². The van der Waals surface area contributed by atoms with Gasteiger partial charge in [-0.2, -0.15) is 0 Å². The van der Waals surface area contributed by atoms with Crippen LogP contribution in [0.2, 0.25) is 0 Å². The van der Waals surface area contributed by atoms with E-state index in [9.17, 15) is 14.7 Å². The average Bonchev–Trinajstić information content (AvgIpc) is 2.60. The highest BCUT2D eigenvalue weighted by molar-refractivity contribution is 5.80. The van der Waals surface area contributed by atoms with E-state index in [2.05, 4.69) is 5.32 Å². The number of carbonyl (C=O) groups excluding carboxylic acids is 1. The zero-order valence-corrected chi connectivity index (χ0v) is 11.5. The number of alkyl carbamates (subject to hydrolysis) is 1. The molecule has 0 saturated carbocycles. The fourth-order valence-corrected chi connectivity index (χ4v) is 1.89. The SMILES string of the molecule is CC(C)(C)OC(=O)N[C@@H](CN1CCC[C@@H]1O)C(=O)O. The Balaban J connectivity index is 2.53. The largest absolute Gasteiger partial charge is 0.480 e. The molecule has 0 unspecified atom stereocenters. The Kier molecular flexibility index (Phi) is 5.13. The van der Waals surface area contributed by atoms with Crippen LogP contribution in [0.25, 0.3) is 0 Å². The summed E-state index contributed by atoms with van der Waals surface area (Å²) in [6.07, 6.45) is 0.0366. The molecule has 7 nitrogen and oxygen atoms in total. The fraction of sp³-hybridized carbons (Fsp3) is 0.833. The van der Waals surface area contributed by atoms with Crippen molar-refractivity contribution in [2.75, 3.05) is 13.1 Å². The Morgan fingerprint density at radius 1 is 1.47 bits per heavy atom. The summed E-state index contributed by atoms with van der Waals surface area (Å²) in [6, 6.07) is -1.09. The summed E-state index contributed by atoms with van der Waals surface area (Å²) in [7, 11) is 0. The first-order valence-electron chi connectivity index (χ1n) is 6.33. The Bertz CT molecular complexity index is 340. The molecule has 2 atom stereocenters. The fourth-order valence-electron chi connectivity index (χ4n) is 1.89. The number of nitrogens with zero attached hydrogens (tertiary/aromatic N) is 1. The van der Waals surface area contributed by atoms with Crippen LogP contribution in [-0.4, -0.2) is 58.1 Å². The van der Waals surface area contributed by atoms with Crippen molar-refractivity contribution in [1.29, 1.82) is 0 Å². The lowest BCUT2D eigenvalue weighted by Crippen LogP contribution is -2.50. The summed E-state index contributed by atoms with van der Waals surface area (Å²) >= 11 is 0. The molecule has 0 aromatic heterocycles. The number of carbonyl (C=O) groups is 2. The maximum absolute atomic E-state index is 11.6. The predicted octanol–water partition coefficient (Wildman–Crippen LogP) is 0.378. The van der Waals surface area contributed by atoms with Crippen molar-refractivity contribution in [3.05, 3.63) is 0 Å². The number of hydrogen-bond donors (Lipinski definition) is 3. The third-order valence-electron chi connectivity index (χ3n) is 2.74. The first-order chi connectivity index (χ1) is 8.69. The van der Waals surface area contributed by atoms with Gasteiger partial charge in [0.05, 0.1) is 0 Å². The summed E-state index contributed by atoms with van der Waals surface area (Å²) in [5, 5.41) is 21.0. The summed E-state index contributed by atoms with van der Waals surface area (Å²) in [5.74, 6) is -1.15. The van der Waals surface area contributed by atoms with E-state index >= 15 is 0 Å². The van der Waals surface area contributed by atoms with E-state index in [4.69, 9.17) is 9.84 Å². The third kappa shape index (κ3) is 5.44. The second-order valence-corrected chi connectivity index (χ2v) is 5.65. The number of likely N-dealkylation sites (tertiary alicyclic amines) is 1. The van der Waals surface area contributed by atoms with Gasteiger partial charge in [-0.3, -0.25) is 4.90 Å². The number of carboxylic acids is 1. The molecule has 1 aliphatic rings. The number of aliphatic hydroxyl groups excluding tert-OH is 1. The number of aliphatic carboxylic acids is 1. The highest BCUT2D eigenvalue weighted by Gasteiger charge is 2.30. The van der Waals surface area contributed by atoms with Gasteiger partial charge in [-0.05, 0) is 33.6 Å². The van der Waals surface area contributed by atoms with Crippen LogP contribution in [0.1, 0.15) is 33.6 Å². The van der Waals surface area contributed by atoms with Crippen LogP contribution < -0.4 is 5.32 Å². The van der Waals surface area contributed by atoms with E-state index < -0.39 is 29.9 Å². The van der Waals surface area contributed by atoms with Crippen molar-refractivity contribution in [2.45, 2.75) is 51.5 Å². The topological polar surface area (TPSA) is 99.1 Å². The molecule has 1 saturated heterocycles. The molecule has 1 aliphatic heterocycles. The molecule has 1 fully saturated rings. The lowest BCUT2D eigenvalue weighted by molar-refractivity contribution is -0.140. The number of amides is 1. The van der Waals surface area contributed by atoms with E-state index in [1.165, 1.54) is 0 Å². The molecule has 1 heterocycles. The molecule has 1 amide bonds. The highest BCUT2D eigenvalue weighted by atomic mass is 16.6. The van der Waals surface area contributed by atoms with Crippen LogP contribution in [0.3, 0.4) is 0 Å². The summed E-state index contributed by atoms with van der Waals surface area (Å²) in [6.45, 7) is 5.79. The highest BCUT2D eigenvalue weighted by Crippen LogP contribution is 2.15. The van der Waals surface area contributed by atoms with Crippen LogP contribution in [-0.2, 0) is 9.53 Å². The molecule has 110 valence electrons. The van der Waals surface area contributed by atoms with Crippen LogP contribution in [0, 0.1) is 0 Å². The van der Waals surface area contributed by atoms with Crippen molar-refractivity contribution in [2.24, 2.45) is 0 Å². The molecule has 0 aromatic rings. The minimum absolute atomic E-state index is 0.0652. The minimum Gasteiger partial charge on any atom is -0.480 e. The van der Waals surface area contributed by atoms with E-state index in [0.717, 1.165) is 6.42 Å². The van der Waals surface area contributed by atoms with Crippen LogP contribution in [0.4, 0.5) is 4.79 Å². The molecule has 3 N–H and O–H groups in total. The lowest BCUT2D eigenvalue weighted by Gasteiger charge is -2.26. The Labute approximate surface area is 112 Å². The molecule has 0 aromatic carbocycles. The first kappa shape index (κ1) is 15.7. The second kappa shape index (κ2) is 6.21. The number of nitrogens with one attached hydrogen (secondary N) is 1. The smallest absolute Gasteiger partial charge is 0.408 e. The minimum atomic E-state index is -1.15. The zero-order chi connectivity index (χ0) is 14.6. The average molecular weight is 274 g/mol. The maximum atomic E-state index is 11.6. The number of ether oxygens (including phenoxy) is 1. The number of carboxylic acid groups (broad SMARTS) is 1. The van der Waals surface area contributed by atoms with Gasteiger partial charge in [-0.15, -0.1) is 0 Å². The van der Waals surface area contributed by atoms with Gasteiger partial charge in [0.1, 0.15) is 17.9 Å². The van der Waals surface area contributed by atoms with Gasteiger partial charge >= 0.3 is 12.1 Å². The Morgan fingerprint density at radius 3 is 2.53 bits per heavy atom. The predicted molar refractivity (Wildman–Crippen MR) is 67.6 cm³/mol. The molecule has 0 aliphatic carbocycles. The lowest BCUT2D eigenvalue weighted by atomic mass is 10.2. The molecule has 7 heteroatoms. The Morgan fingerprint density at radius 2 is 2.11 bits per heavy atom. The monoisotopic (exact) mass is 274 g/mol. The Hall–Kier alpha value is -1.34.